The minimum atomic E-state index is 0.501. The summed E-state index contributed by atoms with van der Waals surface area (Å²) in [4.78, 5) is 16.8. The Kier molecular flexibility index (Phi) is 3.67. The third kappa shape index (κ3) is 2.66. The maximum absolute atomic E-state index is 4.51. The number of thiophene rings is 1. The highest BCUT2D eigenvalue weighted by molar-refractivity contribution is 7.16. The van der Waals surface area contributed by atoms with Crippen LogP contribution < -0.4 is 10.2 Å². The minimum absolute atomic E-state index is 0.501. The Morgan fingerprint density at radius 1 is 1.23 bits per heavy atom. The van der Waals surface area contributed by atoms with Crippen LogP contribution in [0.25, 0.3) is 10.2 Å². The fraction of sp³-hybridized carbons (Fsp3) is 0.400. The molecule has 3 aromatic heterocycles. The van der Waals surface area contributed by atoms with E-state index in [4.69, 9.17) is 0 Å². The Morgan fingerprint density at radius 3 is 2.86 bits per heavy atom. The standard InChI is InChI=1S/C15H17N5S2/c1-10-8-22-15(18-10)19-11-2-5-20(6-3-11)13-12-4-7-21-14(12)17-9-16-13/h4,7-9,11H,2-3,5-6H2,1H3,(H,18,19). The maximum Gasteiger partial charge on any atom is 0.183 e. The van der Waals surface area contributed by atoms with Crippen molar-refractivity contribution in [2.75, 3.05) is 23.3 Å². The summed E-state index contributed by atoms with van der Waals surface area (Å²) >= 11 is 3.36. The van der Waals surface area contributed by atoms with Gasteiger partial charge in [-0.25, -0.2) is 15.0 Å². The van der Waals surface area contributed by atoms with Crippen molar-refractivity contribution in [2.45, 2.75) is 25.8 Å². The Labute approximate surface area is 137 Å². The molecular weight excluding hydrogens is 314 g/mol. The number of nitrogens with one attached hydrogen (secondary N) is 1. The topological polar surface area (TPSA) is 53.9 Å². The van der Waals surface area contributed by atoms with Gasteiger partial charge < -0.3 is 10.2 Å². The zero-order valence-electron chi connectivity index (χ0n) is 12.3. The predicted octanol–water partition coefficient (Wildman–Crippen LogP) is 3.54. The first-order valence-electron chi connectivity index (χ1n) is 7.41. The summed E-state index contributed by atoms with van der Waals surface area (Å²) < 4.78 is 0. The molecule has 0 aromatic carbocycles. The molecule has 4 heterocycles. The molecule has 22 heavy (non-hydrogen) atoms. The molecule has 1 aliphatic heterocycles. The number of hydrogen-bond donors (Lipinski definition) is 1. The van der Waals surface area contributed by atoms with Gasteiger partial charge in [-0.15, -0.1) is 22.7 Å². The average Bonchev–Trinajstić information content (AvgIpc) is 3.16. The molecule has 0 bridgehead atoms. The van der Waals surface area contributed by atoms with Crippen LogP contribution in [0.2, 0.25) is 0 Å². The molecule has 1 N–H and O–H groups in total. The number of aromatic nitrogens is 3. The van der Waals surface area contributed by atoms with E-state index in [1.807, 2.05) is 6.92 Å². The first kappa shape index (κ1) is 13.9. The molecule has 0 aliphatic carbocycles. The largest absolute Gasteiger partial charge is 0.359 e. The van der Waals surface area contributed by atoms with Gasteiger partial charge >= 0.3 is 0 Å². The summed E-state index contributed by atoms with van der Waals surface area (Å²) in [5, 5.41) is 9.95. The highest BCUT2D eigenvalue weighted by Gasteiger charge is 2.22. The summed E-state index contributed by atoms with van der Waals surface area (Å²) in [5.41, 5.74) is 1.09. The van der Waals surface area contributed by atoms with Gasteiger partial charge in [-0.3, -0.25) is 0 Å². The maximum atomic E-state index is 4.51. The fourth-order valence-corrected chi connectivity index (χ4v) is 4.35. The fourth-order valence-electron chi connectivity index (χ4n) is 2.86. The molecule has 114 valence electrons. The van der Waals surface area contributed by atoms with Gasteiger partial charge in [0.15, 0.2) is 5.13 Å². The second-order valence-electron chi connectivity index (χ2n) is 5.54. The van der Waals surface area contributed by atoms with Crippen LogP contribution in [0, 0.1) is 6.92 Å². The van der Waals surface area contributed by atoms with Crippen molar-refractivity contribution in [2.24, 2.45) is 0 Å². The van der Waals surface area contributed by atoms with Gasteiger partial charge in [-0.05, 0) is 31.2 Å². The molecule has 0 amide bonds. The molecule has 0 saturated carbocycles. The van der Waals surface area contributed by atoms with E-state index in [-0.39, 0.29) is 0 Å². The number of rotatable bonds is 3. The number of fused-ring (bicyclic) bond motifs is 1. The Bertz CT molecular complexity index is 773. The van der Waals surface area contributed by atoms with Gasteiger partial charge in [0.2, 0.25) is 0 Å². The minimum Gasteiger partial charge on any atom is -0.359 e. The van der Waals surface area contributed by atoms with Gasteiger partial charge in [0.1, 0.15) is 17.0 Å². The van der Waals surface area contributed by atoms with Crippen molar-refractivity contribution in [3.05, 3.63) is 28.8 Å². The Hall–Kier alpha value is -1.73. The second kappa shape index (κ2) is 5.81. The van der Waals surface area contributed by atoms with Crippen molar-refractivity contribution in [3.8, 4) is 0 Å². The molecule has 4 rings (SSSR count). The Morgan fingerprint density at radius 2 is 2.09 bits per heavy atom. The Balaban J connectivity index is 1.44. The zero-order valence-corrected chi connectivity index (χ0v) is 14.0. The number of piperidine rings is 1. The number of nitrogens with zero attached hydrogens (tertiary/aromatic N) is 4. The van der Waals surface area contributed by atoms with Crippen LogP contribution in [-0.2, 0) is 0 Å². The highest BCUT2D eigenvalue weighted by Crippen LogP contribution is 2.29. The van der Waals surface area contributed by atoms with Gasteiger partial charge in [0.05, 0.1) is 11.1 Å². The molecule has 1 fully saturated rings. The monoisotopic (exact) mass is 331 g/mol. The van der Waals surface area contributed by atoms with Crippen LogP contribution >= 0.6 is 22.7 Å². The van der Waals surface area contributed by atoms with E-state index in [9.17, 15) is 0 Å². The van der Waals surface area contributed by atoms with Crippen LogP contribution in [0.4, 0.5) is 10.9 Å². The van der Waals surface area contributed by atoms with Crippen LogP contribution in [0.3, 0.4) is 0 Å². The lowest BCUT2D eigenvalue weighted by atomic mass is 10.1. The lowest BCUT2D eigenvalue weighted by Gasteiger charge is -2.33. The van der Waals surface area contributed by atoms with Crippen LogP contribution in [0.5, 0.6) is 0 Å². The van der Waals surface area contributed by atoms with Crippen LogP contribution in [-0.4, -0.2) is 34.1 Å². The van der Waals surface area contributed by atoms with Crippen LogP contribution in [0.15, 0.2) is 23.2 Å². The summed E-state index contributed by atoms with van der Waals surface area (Å²) in [6, 6.07) is 2.62. The van der Waals surface area contributed by atoms with E-state index in [1.54, 1.807) is 29.0 Å². The smallest absolute Gasteiger partial charge is 0.183 e. The van der Waals surface area contributed by atoms with Gasteiger partial charge in [0, 0.05) is 24.5 Å². The lowest BCUT2D eigenvalue weighted by Crippen LogP contribution is -2.39. The molecule has 3 aromatic rings. The van der Waals surface area contributed by atoms with Crippen molar-refractivity contribution in [1.82, 2.24) is 15.0 Å². The predicted molar refractivity (Wildman–Crippen MR) is 93.1 cm³/mol. The third-order valence-corrected chi connectivity index (χ3v) is 5.69. The van der Waals surface area contributed by atoms with Gasteiger partial charge in [-0.2, -0.15) is 0 Å². The van der Waals surface area contributed by atoms with Crippen molar-refractivity contribution in [1.29, 1.82) is 0 Å². The molecule has 0 unspecified atom stereocenters. The van der Waals surface area contributed by atoms with Crippen LogP contribution in [0.1, 0.15) is 18.5 Å². The number of thiazole rings is 1. The third-order valence-electron chi connectivity index (χ3n) is 3.98. The van der Waals surface area contributed by atoms with Crippen molar-refractivity contribution >= 4 is 43.8 Å². The normalized spacial score (nSPS) is 16.3. The highest BCUT2D eigenvalue weighted by atomic mass is 32.1. The van der Waals surface area contributed by atoms with E-state index in [2.05, 4.69) is 42.0 Å². The molecule has 0 radical (unpaired) electrons. The zero-order chi connectivity index (χ0) is 14.9. The number of anilines is 2. The van der Waals surface area contributed by atoms with Gasteiger partial charge in [0.25, 0.3) is 0 Å². The summed E-state index contributed by atoms with van der Waals surface area (Å²) in [6.07, 6.45) is 3.89. The first-order chi connectivity index (χ1) is 10.8. The SMILES string of the molecule is Cc1csc(NC2CCN(c3ncnc4sccc34)CC2)n1. The lowest BCUT2D eigenvalue weighted by molar-refractivity contribution is 0.524. The van der Waals surface area contributed by atoms with E-state index in [0.717, 1.165) is 47.4 Å². The van der Waals surface area contributed by atoms with E-state index < -0.39 is 0 Å². The molecule has 7 heteroatoms. The summed E-state index contributed by atoms with van der Waals surface area (Å²) in [5.74, 6) is 1.08. The van der Waals surface area contributed by atoms with E-state index in [0.29, 0.717) is 6.04 Å². The van der Waals surface area contributed by atoms with E-state index >= 15 is 0 Å². The molecule has 0 atom stereocenters. The number of aryl methyl sites for hydroxylation is 1. The molecule has 0 spiro atoms. The van der Waals surface area contributed by atoms with Crippen molar-refractivity contribution < 1.29 is 0 Å². The van der Waals surface area contributed by atoms with Gasteiger partial charge in [-0.1, -0.05) is 0 Å². The molecule has 1 saturated heterocycles. The second-order valence-corrected chi connectivity index (χ2v) is 7.29. The number of hydrogen-bond acceptors (Lipinski definition) is 7. The summed E-state index contributed by atoms with van der Waals surface area (Å²) in [7, 11) is 0. The molecule has 1 aliphatic rings. The quantitative estimate of drug-likeness (QED) is 0.795. The molecule has 5 nitrogen and oxygen atoms in total. The molecular formula is C15H17N5S2. The van der Waals surface area contributed by atoms with Crippen molar-refractivity contribution in [3.63, 3.8) is 0 Å². The summed E-state index contributed by atoms with van der Waals surface area (Å²) in [6.45, 7) is 4.07. The first-order valence-corrected chi connectivity index (χ1v) is 9.17. The van der Waals surface area contributed by atoms with E-state index in [1.165, 1.54) is 5.39 Å². The average molecular weight is 331 g/mol.